The number of nitrogens with zero attached hydrogens (tertiary/aromatic N) is 4. The van der Waals surface area contributed by atoms with Crippen LogP contribution < -0.4 is 10.6 Å². The summed E-state index contributed by atoms with van der Waals surface area (Å²) in [5.74, 6) is -1.74. The van der Waals surface area contributed by atoms with Crippen molar-refractivity contribution in [1.82, 2.24) is 25.2 Å². The highest BCUT2D eigenvalue weighted by Crippen LogP contribution is 2.45. The van der Waals surface area contributed by atoms with Gasteiger partial charge in [0.2, 0.25) is 11.8 Å². The Labute approximate surface area is 234 Å². The number of carbonyl (C=O) groups is 3. The molecule has 1 spiro atoms. The Kier molecular flexibility index (Phi) is 7.26. The van der Waals surface area contributed by atoms with Crippen molar-refractivity contribution in [1.29, 1.82) is 0 Å². The Morgan fingerprint density at radius 2 is 2.02 bits per heavy atom. The van der Waals surface area contributed by atoms with E-state index in [0.717, 1.165) is 4.90 Å². The molecule has 12 heteroatoms. The monoisotopic (exact) mass is 566 g/mol. The van der Waals surface area contributed by atoms with Crippen molar-refractivity contribution in [2.45, 2.75) is 56.8 Å². The molecule has 2 aliphatic heterocycles. The van der Waals surface area contributed by atoms with Crippen LogP contribution in [0, 0.1) is 5.92 Å². The summed E-state index contributed by atoms with van der Waals surface area (Å²) in [4.78, 5) is 52.8. The van der Waals surface area contributed by atoms with Crippen LogP contribution in [0.3, 0.4) is 0 Å². The molecule has 0 saturated carbocycles. The lowest BCUT2D eigenvalue weighted by Gasteiger charge is -2.43. The molecule has 214 valence electrons. The molecule has 2 aromatic heterocycles. The number of nitrogens with one attached hydrogen (secondary N) is 2. The number of hydrogen-bond acceptors (Lipinski definition) is 6. The second-order valence-electron chi connectivity index (χ2n) is 10.7. The molecule has 0 bridgehead atoms. The van der Waals surface area contributed by atoms with E-state index in [2.05, 4.69) is 32.2 Å². The minimum atomic E-state index is -4.61. The average Bonchev–Trinajstić information content (AvgIpc) is 3.44. The van der Waals surface area contributed by atoms with Crippen molar-refractivity contribution in [3.05, 3.63) is 83.6 Å². The number of rotatable bonds is 6. The molecule has 1 saturated heterocycles. The van der Waals surface area contributed by atoms with Crippen LogP contribution in [0.5, 0.6) is 0 Å². The second kappa shape index (κ2) is 10.6. The number of carbonyl (C=O) groups excluding carboxylic acids is 3. The zero-order valence-electron chi connectivity index (χ0n) is 22.5. The molecule has 4 heterocycles. The van der Waals surface area contributed by atoms with E-state index < -0.39 is 48.0 Å². The fraction of sp³-hybridized carbons (Fsp3) is 0.379. The van der Waals surface area contributed by atoms with Crippen molar-refractivity contribution in [3.63, 3.8) is 0 Å². The van der Waals surface area contributed by atoms with Crippen LogP contribution in [0.25, 0.3) is 0 Å². The maximum atomic E-state index is 13.4. The fourth-order valence-electron chi connectivity index (χ4n) is 5.95. The largest absolute Gasteiger partial charge is 0.406 e. The summed E-state index contributed by atoms with van der Waals surface area (Å²) in [6, 6.07) is -0.356. The van der Waals surface area contributed by atoms with Crippen molar-refractivity contribution >= 4 is 23.5 Å². The maximum Gasteiger partial charge on any atom is 0.406 e. The van der Waals surface area contributed by atoms with Gasteiger partial charge in [0.1, 0.15) is 24.7 Å². The predicted molar refractivity (Wildman–Crippen MR) is 144 cm³/mol. The van der Waals surface area contributed by atoms with Gasteiger partial charge in [-0.15, -0.1) is 0 Å². The van der Waals surface area contributed by atoms with E-state index in [1.807, 2.05) is 6.92 Å². The highest BCUT2D eigenvalue weighted by molar-refractivity contribution is 6.06. The van der Waals surface area contributed by atoms with Gasteiger partial charge in [0, 0.05) is 42.0 Å². The molecule has 9 nitrogen and oxygen atoms in total. The van der Waals surface area contributed by atoms with E-state index in [1.54, 1.807) is 43.5 Å². The summed E-state index contributed by atoms with van der Waals surface area (Å²) < 4.78 is 40.3. The van der Waals surface area contributed by atoms with Gasteiger partial charge < -0.3 is 15.5 Å². The van der Waals surface area contributed by atoms with Crippen molar-refractivity contribution in [3.8, 4) is 0 Å². The van der Waals surface area contributed by atoms with Gasteiger partial charge in [0.25, 0.3) is 5.91 Å². The van der Waals surface area contributed by atoms with Gasteiger partial charge in [-0.25, -0.2) is 9.97 Å². The van der Waals surface area contributed by atoms with Crippen LogP contribution in [0.1, 0.15) is 47.4 Å². The number of halogens is 3. The number of allylic oxidation sites excluding steroid dienone is 4. The molecule has 5 rings (SSSR count). The molecule has 1 aliphatic carbocycles. The molecular formula is C29H29F3N6O3. The molecule has 4 atom stereocenters. The number of hydrogen-bond donors (Lipinski definition) is 2. The number of alkyl halides is 3. The molecule has 3 aliphatic rings. The lowest BCUT2D eigenvalue weighted by atomic mass is 9.80. The summed E-state index contributed by atoms with van der Waals surface area (Å²) in [6.07, 6.45) is 7.36. The lowest BCUT2D eigenvalue weighted by Crippen LogP contribution is -2.60. The van der Waals surface area contributed by atoms with Gasteiger partial charge in [0.05, 0.1) is 11.0 Å². The average molecular weight is 567 g/mol. The smallest absolute Gasteiger partial charge is 0.340 e. The van der Waals surface area contributed by atoms with Crippen LogP contribution in [-0.4, -0.2) is 62.4 Å². The van der Waals surface area contributed by atoms with Crippen LogP contribution in [-0.2, 0) is 27.8 Å². The van der Waals surface area contributed by atoms with Crippen molar-refractivity contribution in [2.24, 2.45) is 5.92 Å². The van der Waals surface area contributed by atoms with Gasteiger partial charge in [-0.05, 0) is 43.9 Å². The summed E-state index contributed by atoms with van der Waals surface area (Å²) in [5, 5.41) is 5.41. The molecule has 1 fully saturated rings. The Bertz CT molecular complexity index is 1490. The Balaban J connectivity index is 1.37. The van der Waals surface area contributed by atoms with Crippen LogP contribution in [0.2, 0.25) is 0 Å². The molecule has 41 heavy (non-hydrogen) atoms. The minimum absolute atomic E-state index is 0.0948. The molecule has 0 unspecified atom stereocenters. The zero-order chi connectivity index (χ0) is 29.5. The first-order valence-electron chi connectivity index (χ1n) is 13.2. The number of pyridine rings is 1. The fourth-order valence-corrected chi connectivity index (χ4v) is 5.95. The van der Waals surface area contributed by atoms with Crippen molar-refractivity contribution < 1.29 is 27.6 Å². The third-order valence-corrected chi connectivity index (χ3v) is 8.07. The number of anilines is 1. The summed E-state index contributed by atoms with van der Waals surface area (Å²) in [7, 11) is 0. The molecule has 2 N–H and O–H groups in total. The summed E-state index contributed by atoms with van der Waals surface area (Å²) in [5.41, 5.74) is 1.76. The lowest BCUT2D eigenvalue weighted by molar-refractivity contribution is -0.171. The van der Waals surface area contributed by atoms with Crippen LogP contribution in [0.4, 0.5) is 19.0 Å². The third-order valence-electron chi connectivity index (χ3n) is 8.07. The Morgan fingerprint density at radius 3 is 2.76 bits per heavy atom. The topological polar surface area (TPSA) is 117 Å². The summed E-state index contributed by atoms with van der Waals surface area (Å²) >= 11 is 0. The minimum Gasteiger partial charge on any atom is -0.340 e. The third kappa shape index (κ3) is 5.25. The number of piperidine rings is 1. The zero-order valence-corrected chi connectivity index (χ0v) is 22.5. The van der Waals surface area contributed by atoms with E-state index in [4.69, 9.17) is 0 Å². The number of fused-ring (bicyclic) bond motifs is 3. The quantitative estimate of drug-likeness (QED) is 0.518. The second-order valence-corrected chi connectivity index (χ2v) is 10.7. The van der Waals surface area contributed by atoms with Crippen molar-refractivity contribution in [2.75, 3.05) is 11.9 Å². The normalized spacial score (nSPS) is 25.6. The van der Waals surface area contributed by atoms with Crippen LogP contribution >= 0.6 is 0 Å². The molecule has 2 aromatic rings. The first-order valence-corrected chi connectivity index (χ1v) is 13.2. The molecule has 3 amide bonds. The highest BCUT2D eigenvalue weighted by Gasteiger charge is 2.52. The van der Waals surface area contributed by atoms with E-state index in [0.29, 0.717) is 34.6 Å². The van der Waals surface area contributed by atoms with E-state index in [-0.39, 0.29) is 24.3 Å². The molecular weight excluding hydrogens is 537 g/mol. The first kappa shape index (κ1) is 28.2. The van der Waals surface area contributed by atoms with Gasteiger partial charge in [-0.2, -0.15) is 13.2 Å². The molecule has 0 radical (unpaired) electrons. The summed E-state index contributed by atoms with van der Waals surface area (Å²) in [6.45, 7) is 5.98. The van der Waals surface area contributed by atoms with Gasteiger partial charge in [-0.3, -0.25) is 19.4 Å². The highest BCUT2D eigenvalue weighted by atomic mass is 19.4. The number of likely N-dealkylation sites (tertiary alicyclic amines) is 1. The van der Waals surface area contributed by atoms with Gasteiger partial charge in [0.15, 0.2) is 0 Å². The Hall–Kier alpha value is -4.35. The van der Waals surface area contributed by atoms with Crippen LogP contribution in [0.15, 0.2) is 61.2 Å². The Morgan fingerprint density at radius 1 is 1.24 bits per heavy atom. The van der Waals surface area contributed by atoms with Gasteiger partial charge >= 0.3 is 6.18 Å². The number of amides is 3. The van der Waals surface area contributed by atoms with E-state index in [9.17, 15) is 27.6 Å². The SMILES string of the molecule is C=C(/C=C\C=C/C)[C@@H]1C[C@H](NC(=O)c2cnc3c(c2)C[C@@]2(C3)C(=O)Nc3ncncc32)C(=O)N(CC(F)(F)F)[C@@H]1C. The van der Waals surface area contributed by atoms with Gasteiger partial charge in [-0.1, -0.05) is 30.9 Å². The molecule has 0 aromatic carbocycles. The van der Waals surface area contributed by atoms with E-state index >= 15 is 0 Å². The standard InChI is InChI=1S/C29H29F3N6O3/c1-4-5-6-7-16(2)20-9-22(26(40)38(17(20)3)14-29(30,31)32)36-25(39)19-8-18-10-28(11-23(18)34-12-19)21-13-33-15-35-24(21)37-27(28)41/h4-8,12-13,15,17,20,22H,2,9-11,14H2,1,3H3,(H,36,39)(H,33,35,37,41)/b5-4-,7-6-/t17-,20+,22+,28+/m1/s1. The van der Waals surface area contributed by atoms with E-state index in [1.165, 1.54) is 12.5 Å². The maximum absolute atomic E-state index is 13.4. The number of aromatic nitrogens is 3. The predicted octanol–water partition coefficient (Wildman–Crippen LogP) is 3.45. The first-order chi connectivity index (χ1) is 19.4.